The lowest BCUT2D eigenvalue weighted by Gasteiger charge is -2.16. The monoisotopic (exact) mass is 299 g/mol. The highest BCUT2D eigenvalue weighted by atomic mass is 32.1. The number of hydrogen-bond donors (Lipinski definition) is 1. The SMILES string of the molecule is CNC(Cc1ccccc1C)c1cc2ccc(F)cc2s1. The van der Waals surface area contributed by atoms with Crippen LogP contribution in [0.25, 0.3) is 10.1 Å². The van der Waals surface area contributed by atoms with Crippen molar-refractivity contribution in [3.63, 3.8) is 0 Å². The molecular weight excluding hydrogens is 281 g/mol. The van der Waals surface area contributed by atoms with Crippen LogP contribution in [0.4, 0.5) is 4.39 Å². The average molecular weight is 299 g/mol. The quantitative estimate of drug-likeness (QED) is 0.726. The van der Waals surface area contributed by atoms with Gasteiger partial charge in [0, 0.05) is 15.6 Å². The number of fused-ring (bicyclic) bond motifs is 1. The third-order valence-electron chi connectivity index (χ3n) is 3.88. The molecule has 1 N–H and O–H groups in total. The molecule has 1 atom stereocenters. The third kappa shape index (κ3) is 2.99. The minimum absolute atomic E-state index is 0.171. The summed E-state index contributed by atoms with van der Waals surface area (Å²) >= 11 is 1.67. The van der Waals surface area contributed by atoms with Gasteiger partial charge in [-0.05, 0) is 55.1 Å². The molecule has 0 fully saturated rings. The minimum Gasteiger partial charge on any atom is -0.312 e. The average Bonchev–Trinajstić information content (AvgIpc) is 2.89. The zero-order valence-electron chi connectivity index (χ0n) is 12.2. The standard InChI is InChI=1S/C18H18FNS/c1-12-5-3-4-6-13(12)9-16(20-2)18-10-14-7-8-15(19)11-17(14)21-18/h3-8,10-11,16,20H,9H2,1-2H3. The van der Waals surface area contributed by atoms with Crippen LogP contribution in [0.2, 0.25) is 0 Å². The topological polar surface area (TPSA) is 12.0 Å². The summed E-state index contributed by atoms with van der Waals surface area (Å²) < 4.78 is 14.3. The molecule has 0 bridgehead atoms. The maximum atomic E-state index is 13.3. The summed E-state index contributed by atoms with van der Waals surface area (Å²) in [5, 5.41) is 4.50. The Balaban J connectivity index is 1.93. The molecule has 0 saturated heterocycles. The number of thiophene rings is 1. The second kappa shape index (κ2) is 5.96. The number of nitrogens with one attached hydrogen (secondary N) is 1. The number of rotatable bonds is 4. The first-order valence-electron chi connectivity index (χ1n) is 7.08. The van der Waals surface area contributed by atoms with Crippen LogP contribution in [0.15, 0.2) is 48.5 Å². The zero-order chi connectivity index (χ0) is 14.8. The molecule has 0 aliphatic carbocycles. The summed E-state index contributed by atoms with van der Waals surface area (Å²) in [6, 6.07) is 15.9. The molecule has 1 nitrogen and oxygen atoms in total. The van der Waals surface area contributed by atoms with Gasteiger partial charge in [-0.1, -0.05) is 30.3 Å². The van der Waals surface area contributed by atoms with Crippen LogP contribution in [0.5, 0.6) is 0 Å². The smallest absolute Gasteiger partial charge is 0.124 e. The maximum absolute atomic E-state index is 13.3. The minimum atomic E-state index is -0.171. The van der Waals surface area contributed by atoms with Gasteiger partial charge in [-0.15, -0.1) is 11.3 Å². The molecule has 0 aliphatic heterocycles. The molecule has 21 heavy (non-hydrogen) atoms. The van der Waals surface area contributed by atoms with Crippen LogP contribution < -0.4 is 5.32 Å². The molecule has 3 heteroatoms. The van der Waals surface area contributed by atoms with Crippen molar-refractivity contribution in [3.8, 4) is 0 Å². The lowest BCUT2D eigenvalue weighted by atomic mass is 10.00. The van der Waals surface area contributed by atoms with Gasteiger partial charge in [-0.3, -0.25) is 0 Å². The first-order valence-corrected chi connectivity index (χ1v) is 7.90. The summed E-state index contributed by atoms with van der Waals surface area (Å²) in [4.78, 5) is 1.25. The van der Waals surface area contributed by atoms with Crippen molar-refractivity contribution in [2.45, 2.75) is 19.4 Å². The Hall–Kier alpha value is -1.71. The molecule has 0 amide bonds. The maximum Gasteiger partial charge on any atom is 0.124 e. The highest BCUT2D eigenvalue weighted by Gasteiger charge is 2.14. The first-order chi connectivity index (χ1) is 10.2. The lowest BCUT2D eigenvalue weighted by Crippen LogP contribution is -2.18. The molecule has 1 aromatic heterocycles. The number of hydrogen-bond acceptors (Lipinski definition) is 2. The fourth-order valence-corrected chi connectivity index (χ4v) is 3.80. The van der Waals surface area contributed by atoms with Crippen molar-refractivity contribution in [1.29, 1.82) is 0 Å². The van der Waals surface area contributed by atoms with Gasteiger partial charge in [0.1, 0.15) is 5.82 Å². The molecule has 3 rings (SSSR count). The Kier molecular flexibility index (Phi) is 4.04. The van der Waals surface area contributed by atoms with Gasteiger partial charge >= 0.3 is 0 Å². The molecular formula is C18H18FNS. The van der Waals surface area contributed by atoms with Crippen molar-refractivity contribution >= 4 is 21.4 Å². The van der Waals surface area contributed by atoms with E-state index in [1.807, 2.05) is 13.1 Å². The molecule has 3 aromatic rings. The second-order valence-corrected chi connectivity index (χ2v) is 6.42. The van der Waals surface area contributed by atoms with Crippen molar-refractivity contribution < 1.29 is 4.39 Å². The van der Waals surface area contributed by atoms with Gasteiger partial charge in [-0.2, -0.15) is 0 Å². The van der Waals surface area contributed by atoms with Crippen LogP contribution in [0.3, 0.4) is 0 Å². The molecule has 108 valence electrons. The summed E-state index contributed by atoms with van der Waals surface area (Å²) in [5.41, 5.74) is 2.66. The van der Waals surface area contributed by atoms with Gasteiger partial charge in [0.15, 0.2) is 0 Å². The van der Waals surface area contributed by atoms with E-state index in [1.54, 1.807) is 17.4 Å². The highest BCUT2D eigenvalue weighted by Crippen LogP contribution is 2.32. The Labute approximate surface area is 128 Å². The normalized spacial score (nSPS) is 12.7. The Bertz CT molecular complexity index is 763. The molecule has 0 aliphatic rings. The van der Waals surface area contributed by atoms with E-state index in [9.17, 15) is 4.39 Å². The molecule has 0 spiro atoms. The Morgan fingerprint density at radius 1 is 1.14 bits per heavy atom. The van der Waals surface area contributed by atoms with Gasteiger partial charge in [0.2, 0.25) is 0 Å². The third-order valence-corrected chi connectivity index (χ3v) is 5.09. The van der Waals surface area contributed by atoms with E-state index < -0.39 is 0 Å². The van der Waals surface area contributed by atoms with Gasteiger partial charge in [-0.25, -0.2) is 4.39 Å². The van der Waals surface area contributed by atoms with E-state index in [0.29, 0.717) is 0 Å². The van der Waals surface area contributed by atoms with Crippen molar-refractivity contribution in [2.75, 3.05) is 7.05 Å². The number of likely N-dealkylation sites (N-methyl/N-ethyl adjacent to an activating group) is 1. The van der Waals surface area contributed by atoms with E-state index in [-0.39, 0.29) is 11.9 Å². The molecule has 0 saturated carbocycles. The predicted octanol–water partition coefficient (Wildman–Crippen LogP) is 4.85. The van der Waals surface area contributed by atoms with E-state index in [2.05, 4.69) is 42.6 Å². The first kappa shape index (κ1) is 14.2. The van der Waals surface area contributed by atoms with Crippen molar-refractivity contribution in [1.82, 2.24) is 5.32 Å². The van der Waals surface area contributed by atoms with Gasteiger partial charge in [0.25, 0.3) is 0 Å². The van der Waals surface area contributed by atoms with Gasteiger partial charge in [0.05, 0.1) is 0 Å². The Morgan fingerprint density at radius 2 is 1.95 bits per heavy atom. The van der Waals surface area contributed by atoms with E-state index >= 15 is 0 Å². The summed E-state index contributed by atoms with van der Waals surface area (Å²) in [5.74, 6) is -0.171. The lowest BCUT2D eigenvalue weighted by molar-refractivity contribution is 0.601. The largest absolute Gasteiger partial charge is 0.312 e. The van der Waals surface area contributed by atoms with Crippen LogP contribution in [-0.4, -0.2) is 7.05 Å². The number of benzene rings is 2. The van der Waals surface area contributed by atoms with Crippen molar-refractivity contribution in [3.05, 3.63) is 70.4 Å². The van der Waals surface area contributed by atoms with E-state index in [4.69, 9.17) is 0 Å². The fraction of sp³-hybridized carbons (Fsp3) is 0.222. The Morgan fingerprint density at radius 3 is 2.71 bits per heavy atom. The van der Waals surface area contributed by atoms with Crippen LogP contribution in [-0.2, 0) is 6.42 Å². The molecule has 0 radical (unpaired) electrons. The van der Waals surface area contributed by atoms with E-state index in [0.717, 1.165) is 16.5 Å². The van der Waals surface area contributed by atoms with Gasteiger partial charge < -0.3 is 5.32 Å². The zero-order valence-corrected chi connectivity index (χ0v) is 13.0. The van der Waals surface area contributed by atoms with Crippen LogP contribution in [0.1, 0.15) is 22.0 Å². The number of aryl methyl sites for hydroxylation is 1. The fourth-order valence-electron chi connectivity index (χ4n) is 2.60. The van der Waals surface area contributed by atoms with Crippen LogP contribution >= 0.6 is 11.3 Å². The number of halogens is 1. The van der Waals surface area contributed by atoms with E-state index in [1.165, 1.54) is 22.1 Å². The van der Waals surface area contributed by atoms with Crippen LogP contribution in [0, 0.1) is 12.7 Å². The second-order valence-electron chi connectivity index (χ2n) is 5.30. The summed E-state index contributed by atoms with van der Waals surface area (Å²) in [7, 11) is 1.98. The van der Waals surface area contributed by atoms with Crippen molar-refractivity contribution in [2.24, 2.45) is 0 Å². The predicted molar refractivity (Wildman–Crippen MR) is 88.5 cm³/mol. The summed E-state index contributed by atoms with van der Waals surface area (Å²) in [6.07, 6.45) is 0.943. The highest BCUT2D eigenvalue weighted by molar-refractivity contribution is 7.19. The summed E-state index contributed by atoms with van der Waals surface area (Å²) in [6.45, 7) is 2.14. The molecule has 1 unspecified atom stereocenters. The molecule has 2 aromatic carbocycles. The molecule has 1 heterocycles.